The van der Waals surface area contributed by atoms with Gasteiger partial charge in [-0.05, 0) is 30.2 Å². The van der Waals surface area contributed by atoms with Crippen LogP contribution in [-0.2, 0) is 20.9 Å². The van der Waals surface area contributed by atoms with Crippen molar-refractivity contribution in [3.05, 3.63) is 35.9 Å². The Morgan fingerprint density at radius 2 is 1.86 bits per heavy atom. The maximum atomic E-state index is 12.8. The smallest absolute Gasteiger partial charge is 0.320 e. The standard InChI is InChI=1S/C18H22O4/c1-11-8-14-15(19)9-12(2)18(11,16(14)20)17(21)22-10-13-6-4-3-5-7-13/h3-7,11-12,14-15,19H,8-10H2,1-2H3/t11-,12+,14+,15+,18+/m1/s1. The summed E-state index contributed by atoms with van der Waals surface area (Å²) in [6, 6.07) is 9.46. The Bertz CT molecular complexity index is 582. The lowest BCUT2D eigenvalue weighted by molar-refractivity contribution is -0.171. The number of fused-ring (bicyclic) bond motifs is 2. The van der Waals surface area contributed by atoms with Crippen molar-refractivity contribution in [3.63, 3.8) is 0 Å². The molecule has 1 aromatic carbocycles. The van der Waals surface area contributed by atoms with Gasteiger partial charge in [-0.3, -0.25) is 9.59 Å². The van der Waals surface area contributed by atoms with Crippen LogP contribution in [0.3, 0.4) is 0 Å². The number of rotatable bonds is 3. The minimum Gasteiger partial charge on any atom is -0.460 e. The molecule has 0 saturated heterocycles. The lowest BCUT2D eigenvalue weighted by Gasteiger charge is -2.39. The number of Topliss-reactive ketones (excluding diaryl/α,β-unsaturated/α-hetero) is 1. The summed E-state index contributed by atoms with van der Waals surface area (Å²) in [6.45, 7) is 3.99. The van der Waals surface area contributed by atoms with Gasteiger partial charge < -0.3 is 9.84 Å². The lowest BCUT2D eigenvalue weighted by Crippen LogP contribution is -2.52. The van der Waals surface area contributed by atoms with E-state index < -0.39 is 23.4 Å². The molecule has 4 nitrogen and oxygen atoms in total. The molecule has 0 aliphatic heterocycles. The Labute approximate surface area is 130 Å². The van der Waals surface area contributed by atoms with Crippen molar-refractivity contribution in [3.8, 4) is 0 Å². The first-order valence-electron chi connectivity index (χ1n) is 7.91. The highest BCUT2D eigenvalue weighted by atomic mass is 16.5. The maximum absolute atomic E-state index is 12.8. The van der Waals surface area contributed by atoms with E-state index in [1.807, 2.05) is 44.2 Å². The highest BCUT2D eigenvalue weighted by molar-refractivity contribution is 6.08. The highest BCUT2D eigenvalue weighted by Gasteiger charge is 2.66. The van der Waals surface area contributed by atoms with Crippen LogP contribution in [0, 0.1) is 23.2 Å². The van der Waals surface area contributed by atoms with Gasteiger partial charge in [0, 0.05) is 5.92 Å². The fourth-order valence-electron chi connectivity index (χ4n) is 4.34. The van der Waals surface area contributed by atoms with Crippen molar-refractivity contribution in [2.24, 2.45) is 23.2 Å². The van der Waals surface area contributed by atoms with E-state index in [0.29, 0.717) is 12.8 Å². The molecule has 1 aromatic rings. The van der Waals surface area contributed by atoms with Crippen molar-refractivity contribution in [2.75, 3.05) is 0 Å². The normalized spacial score (nSPS) is 37.1. The number of benzene rings is 1. The highest BCUT2D eigenvalue weighted by Crippen LogP contribution is 2.55. The number of aliphatic hydroxyl groups excluding tert-OH is 1. The molecule has 2 aliphatic rings. The quantitative estimate of drug-likeness (QED) is 0.687. The van der Waals surface area contributed by atoms with Crippen LogP contribution in [0.25, 0.3) is 0 Å². The van der Waals surface area contributed by atoms with Gasteiger partial charge in [-0.15, -0.1) is 0 Å². The number of carbonyl (C=O) groups excluding carboxylic acids is 2. The van der Waals surface area contributed by atoms with Crippen molar-refractivity contribution < 1.29 is 19.4 Å². The van der Waals surface area contributed by atoms with Crippen LogP contribution in [0.5, 0.6) is 0 Å². The van der Waals surface area contributed by atoms with Gasteiger partial charge in [-0.2, -0.15) is 0 Å². The van der Waals surface area contributed by atoms with Crippen LogP contribution in [0.15, 0.2) is 30.3 Å². The maximum Gasteiger partial charge on any atom is 0.320 e. The van der Waals surface area contributed by atoms with E-state index in [1.54, 1.807) is 0 Å². The van der Waals surface area contributed by atoms with Crippen molar-refractivity contribution in [1.29, 1.82) is 0 Å². The summed E-state index contributed by atoms with van der Waals surface area (Å²) in [7, 11) is 0. The summed E-state index contributed by atoms with van der Waals surface area (Å²) >= 11 is 0. The molecule has 0 unspecified atom stereocenters. The molecular formula is C18H22O4. The van der Waals surface area contributed by atoms with E-state index >= 15 is 0 Å². The molecule has 1 N–H and O–H groups in total. The monoisotopic (exact) mass is 302 g/mol. The van der Waals surface area contributed by atoms with Crippen LogP contribution in [0.2, 0.25) is 0 Å². The molecule has 4 heteroatoms. The SMILES string of the molecule is C[C@@H]1C[C@@H]2C(=O)[C@@]1(C(=O)OCc1ccccc1)[C@@H](C)C[C@@H]2O. The molecule has 2 bridgehead atoms. The van der Waals surface area contributed by atoms with Gasteiger partial charge in [0.05, 0.1) is 6.10 Å². The molecule has 2 fully saturated rings. The zero-order chi connectivity index (χ0) is 15.9. The predicted octanol–water partition coefficient (Wildman–Crippen LogP) is 2.34. The van der Waals surface area contributed by atoms with Crippen molar-refractivity contribution in [2.45, 2.75) is 39.4 Å². The second-order valence-corrected chi connectivity index (χ2v) is 6.74. The zero-order valence-corrected chi connectivity index (χ0v) is 13.0. The number of ether oxygens (including phenoxy) is 1. The van der Waals surface area contributed by atoms with E-state index in [1.165, 1.54) is 0 Å². The molecule has 0 spiro atoms. The fraction of sp³-hybridized carbons (Fsp3) is 0.556. The summed E-state index contributed by atoms with van der Waals surface area (Å²) in [6.07, 6.45) is 0.439. The van der Waals surface area contributed by atoms with E-state index in [-0.39, 0.29) is 24.2 Å². The Hall–Kier alpha value is -1.68. The van der Waals surface area contributed by atoms with Gasteiger partial charge in [-0.1, -0.05) is 44.2 Å². The molecule has 0 aromatic heterocycles. The Morgan fingerprint density at radius 3 is 2.55 bits per heavy atom. The zero-order valence-electron chi connectivity index (χ0n) is 13.0. The lowest BCUT2D eigenvalue weighted by atomic mass is 9.63. The Balaban J connectivity index is 1.82. The Kier molecular flexibility index (Phi) is 3.81. The minimum atomic E-state index is -1.07. The molecule has 0 radical (unpaired) electrons. The molecule has 2 saturated carbocycles. The van der Waals surface area contributed by atoms with Crippen LogP contribution in [0.4, 0.5) is 0 Å². The number of hydrogen-bond acceptors (Lipinski definition) is 4. The second-order valence-electron chi connectivity index (χ2n) is 6.74. The van der Waals surface area contributed by atoms with Gasteiger partial charge >= 0.3 is 5.97 Å². The van der Waals surface area contributed by atoms with Crippen molar-refractivity contribution in [1.82, 2.24) is 0 Å². The second kappa shape index (κ2) is 5.51. The van der Waals surface area contributed by atoms with Crippen LogP contribution < -0.4 is 0 Å². The largest absolute Gasteiger partial charge is 0.460 e. The number of carbonyl (C=O) groups is 2. The van der Waals surface area contributed by atoms with Crippen LogP contribution in [-0.4, -0.2) is 23.0 Å². The third-order valence-electron chi connectivity index (χ3n) is 5.52. The number of hydrogen-bond donors (Lipinski definition) is 1. The van der Waals surface area contributed by atoms with E-state index in [9.17, 15) is 14.7 Å². The molecular weight excluding hydrogens is 280 g/mol. The third-order valence-corrected chi connectivity index (χ3v) is 5.52. The van der Waals surface area contributed by atoms with Crippen molar-refractivity contribution >= 4 is 11.8 Å². The van der Waals surface area contributed by atoms with Crippen LogP contribution in [0.1, 0.15) is 32.3 Å². The molecule has 5 atom stereocenters. The summed E-state index contributed by atoms with van der Waals surface area (Å²) in [5.41, 5.74) is -0.163. The molecule has 0 heterocycles. The number of aliphatic hydroxyl groups is 1. The third kappa shape index (κ3) is 2.09. The van der Waals surface area contributed by atoms with Gasteiger partial charge in [0.2, 0.25) is 0 Å². The minimum absolute atomic E-state index is 0.0829. The number of ketones is 1. The first-order chi connectivity index (χ1) is 10.5. The predicted molar refractivity (Wildman–Crippen MR) is 80.7 cm³/mol. The Morgan fingerprint density at radius 1 is 1.23 bits per heavy atom. The molecule has 3 rings (SSSR count). The fourth-order valence-corrected chi connectivity index (χ4v) is 4.34. The average Bonchev–Trinajstić information content (AvgIpc) is 2.72. The molecule has 118 valence electrons. The average molecular weight is 302 g/mol. The van der Waals surface area contributed by atoms with E-state index in [0.717, 1.165) is 5.56 Å². The van der Waals surface area contributed by atoms with Gasteiger partial charge in [0.1, 0.15) is 12.0 Å². The first-order valence-corrected chi connectivity index (χ1v) is 7.91. The van der Waals surface area contributed by atoms with E-state index in [2.05, 4.69) is 0 Å². The van der Waals surface area contributed by atoms with Gasteiger partial charge in [-0.25, -0.2) is 0 Å². The number of esters is 1. The molecule has 22 heavy (non-hydrogen) atoms. The van der Waals surface area contributed by atoms with Crippen LogP contribution >= 0.6 is 0 Å². The first kappa shape index (κ1) is 15.2. The van der Waals surface area contributed by atoms with Gasteiger partial charge in [0.25, 0.3) is 0 Å². The summed E-state index contributed by atoms with van der Waals surface area (Å²) in [4.78, 5) is 25.5. The summed E-state index contributed by atoms with van der Waals surface area (Å²) in [5, 5.41) is 10.1. The topological polar surface area (TPSA) is 63.6 Å². The summed E-state index contributed by atoms with van der Waals surface area (Å²) in [5.74, 6) is -1.22. The van der Waals surface area contributed by atoms with E-state index in [4.69, 9.17) is 4.74 Å². The summed E-state index contributed by atoms with van der Waals surface area (Å²) < 4.78 is 5.49. The molecule has 2 aliphatic carbocycles. The van der Waals surface area contributed by atoms with Gasteiger partial charge in [0.15, 0.2) is 5.78 Å². The molecule has 0 amide bonds.